The number of ether oxygens (including phenoxy) is 2. The number of carbonyl (C=O) groups excluding carboxylic acids is 1. The van der Waals surface area contributed by atoms with Crippen LogP contribution in [-0.4, -0.2) is 19.7 Å². The summed E-state index contributed by atoms with van der Waals surface area (Å²) in [6, 6.07) is 1.75. The summed E-state index contributed by atoms with van der Waals surface area (Å²) in [5.74, 6) is -0.0210. The van der Waals surface area contributed by atoms with E-state index < -0.39 is 5.97 Å². The molecule has 0 fully saturated rings. The molecule has 0 bridgehead atoms. The van der Waals surface area contributed by atoms with Gasteiger partial charge in [0, 0.05) is 16.1 Å². The number of nitrogens with two attached hydrogens (primary N) is 2. The second-order valence-electron chi connectivity index (χ2n) is 3.85. The molecule has 1 rings (SSSR count). The number of hydrogen-bond acceptors (Lipinski definition) is 5. The molecule has 6 heteroatoms. The van der Waals surface area contributed by atoms with Crippen molar-refractivity contribution in [3.63, 3.8) is 0 Å². The highest BCUT2D eigenvalue weighted by Crippen LogP contribution is 2.40. The standard InChI is InChI=1S/C13H17BrN2O3/c1-4-19-10(17)5-7(2)8-6-9(14)12(16)13(18-3)11(8)15/h5-6H,4,15-16H2,1-3H3/b7-5+. The molecule has 0 aliphatic heterocycles. The van der Waals surface area contributed by atoms with E-state index in [1.807, 2.05) is 0 Å². The highest BCUT2D eigenvalue weighted by atomic mass is 79.9. The van der Waals surface area contributed by atoms with Crippen molar-refractivity contribution >= 4 is 38.8 Å². The minimum absolute atomic E-state index is 0.326. The largest absolute Gasteiger partial charge is 0.492 e. The monoisotopic (exact) mass is 328 g/mol. The molecular weight excluding hydrogens is 312 g/mol. The second kappa shape index (κ2) is 6.47. The number of anilines is 2. The van der Waals surface area contributed by atoms with Crippen LogP contribution in [-0.2, 0) is 9.53 Å². The van der Waals surface area contributed by atoms with Gasteiger partial charge < -0.3 is 20.9 Å². The third-order valence-corrected chi connectivity index (χ3v) is 3.21. The Bertz CT molecular complexity index is 527. The van der Waals surface area contributed by atoms with Crippen LogP contribution in [0.4, 0.5) is 11.4 Å². The van der Waals surface area contributed by atoms with Crippen molar-refractivity contribution in [2.75, 3.05) is 25.2 Å². The van der Waals surface area contributed by atoms with Crippen molar-refractivity contribution in [1.82, 2.24) is 0 Å². The zero-order valence-corrected chi connectivity index (χ0v) is 12.7. The first-order valence-electron chi connectivity index (χ1n) is 5.69. The summed E-state index contributed by atoms with van der Waals surface area (Å²) >= 11 is 3.33. The summed E-state index contributed by atoms with van der Waals surface area (Å²) in [6.07, 6.45) is 1.39. The van der Waals surface area contributed by atoms with Crippen molar-refractivity contribution in [2.24, 2.45) is 0 Å². The maximum atomic E-state index is 11.4. The normalized spacial score (nSPS) is 11.3. The Labute approximate surface area is 120 Å². The van der Waals surface area contributed by atoms with Crippen molar-refractivity contribution < 1.29 is 14.3 Å². The molecule has 4 N–H and O–H groups in total. The van der Waals surface area contributed by atoms with Gasteiger partial charge in [-0.05, 0) is 41.4 Å². The fourth-order valence-corrected chi connectivity index (χ4v) is 2.05. The lowest BCUT2D eigenvalue weighted by molar-refractivity contribution is -0.137. The van der Waals surface area contributed by atoms with Gasteiger partial charge in [0.15, 0.2) is 5.75 Å². The van der Waals surface area contributed by atoms with Crippen LogP contribution in [0, 0.1) is 0 Å². The van der Waals surface area contributed by atoms with Crippen LogP contribution < -0.4 is 16.2 Å². The van der Waals surface area contributed by atoms with Gasteiger partial charge >= 0.3 is 5.97 Å². The van der Waals surface area contributed by atoms with E-state index in [4.69, 9.17) is 20.9 Å². The molecule has 1 aromatic rings. The van der Waals surface area contributed by atoms with Crippen molar-refractivity contribution in [3.8, 4) is 5.75 Å². The highest BCUT2D eigenvalue weighted by Gasteiger charge is 2.15. The average molecular weight is 329 g/mol. The van der Waals surface area contributed by atoms with Crippen LogP contribution in [0.15, 0.2) is 16.6 Å². The van der Waals surface area contributed by atoms with Gasteiger partial charge in [0.2, 0.25) is 0 Å². The van der Waals surface area contributed by atoms with Crippen molar-refractivity contribution in [3.05, 3.63) is 22.2 Å². The maximum absolute atomic E-state index is 11.4. The maximum Gasteiger partial charge on any atom is 0.331 e. The number of esters is 1. The van der Waals surface area contributed by atoms with Crippen LogP contribution in [0.1, 0.15) is 19.4 Å². The van der Waals surface area contributed by atoms with E-state index in [1.165, 1.54) is 13.2 Å². The number of allylic oxidation sites excluding steroid dienone is 1. The Morgan fingerprint density at radius 2 is 2.05 bits per heavy atom. The average Bonchev–Trinajstić information content (AvgIpc) is 2.34. The quantitative estimate of drug-likeness (QED) is 0.504. The molecule has 0 aliphatic rings. The number of hydrogen-bond donors (Lipinski definition) is 2. The topological polar surface area (TPSA) is 87.6 Å². The van der Waals surface area contributed by atoms with E-state index in [9.17, 15) is 4.79 Å². The van der Waals surface area contributed by atoms with Crippen LogP contribution in [0.25, 0.3) is 5.57 Å². The van der Waals surface area contributed by atoms with E-state index in [0.29, 0.717) is 39.3 Å². The van der Waals surface area contributed by atoms with E-state index in [0.717, 1.165) is 0 Å². The Kier molecular flexibility index (Phi) is 5.23. The zero-order valence-electron chi connectivity index (χ0n) is 11.1. The molecule has 5 nitrogen and oxygen atoms in total. The first kappa shape index (κ1) is 15.4. The Morgan fingerprint density at radius 1 is 1.42 bits per heavy atom. The minimum Gasteiger partial charge on any atom is -0.492 e. The smallest absolute Gasteiger partial charge is 0.331 e. The van der Waals surface area contributed by atoms with Crippen molar-refractivity contribution in [2.45, 2.75) is 13.8 Å². The molecule has 104 valence electrons. The molecule has 0 atom stereocenters. The van der Waals surface area contributed by atoms with E-state index in [-0.39, 0.29) is 0 Å². The van der Waals surface area contributed by atoms with E-state index in [1.54, 1.807) is 19.9 Å². The SMILES string of the molecule is CCOC(=O)/C=C(\C)c1cc(Br)c(N)c(OC)c1N. The number of nitrogen functional groups attached to an aromatic ring is 2. The third kappa shape index (κ3) is 3.41. The Hall–Kier alpha value is -1.69. The summed E-state index contributed by atoms with van der Waals surface area (Å²) in [5.41, 5.74) is 14.0. The number of methoxy groups -OCH3 is 1. The molecule has 19 heavy (non-hydrogen) atoms. The number of rotatable bonds is 4. The molecule has 0 spiro atoms. The molecule has 0 saturated heterocycles. The van der Waals surface area contributed by atoms with Gasteiger partial charge in [-0.1, -0.05) is 0 Å². The first-order valence-corrected chi connectivity index (χ1v) is 6.48. The summed E-state index contributed by atoms with van der Waals surface area (Å²) in [5, 5.41) is 0. The van der Waals surface area contributed by atoms with Gasteiger partial charge in [-0.15, -0.1) is 0 Å². The minimum atomic E-state index is -0.411. The molecular formula is C13H17BrN2O3. The number of benzene rings is 1. The molecule has 0 amide bonds. The van der Waals surface area contributed by atoms with Crippen LogP contribution in [0.2, 0.25) is 0 Å². The predicted octanol–water partition coefficient (Wildman–Crippen LogP) is 2.59. The molecule has 0 aromatic heterocycles. The van der Waals surface area contributed by atoms with E-state index >= 15 is 0 Å². The van der Waals surface area contributed by atoms with Crippen LogP contribution in [0.5, 0.6) is 5.75 Å². The van der Waals surface area contributed by atoms with Gasteiger partial charge in [-0.25, -0.2) is 4.79 Å². The molecule has 0 unspecified atom stereocenters. The number of halogens is 1. The molecule has 0 radical (unpaired) electrons. The second-order valence-corrected chi connectivity index (χ2v) is 4.70. The van der Waals surface area contributed by atoms with Gasteiger partial charge in [0.1, 0.15) is 0 Å². The predicted molar refractivity (Wildman–Crippen MR) is 79.8 cm³/mol. The lowest BCUT2D eigenvalue weighted by Crippen LogP contribution is -2.04. The fraction of sp³-hybridized carbons (Fsp3) is 0.308. The molecule has 1 aromatic carbocycles. The van der Waals surface area contributed by atoms with Gasteiger partial charge in [0.05, 0.1) is 25.1 Å². The first-order chi connectivity index (χ1) is 8.92. The van der Waals surface area contributed by atoms with Crippen LogP contribution in [0.3, 0.4) is 0 Å². The summed E-state index contributed by atoms with van der Waals surface area (Å²) in [4.78, 5) is 11.4. The number of carbonyl (C=O) groups is 1. The van der Waals surface area contributed by atoms with Gasteiger partial charge in [-0.3, -0.25) is 0 Å². The summed E-state index contributed by atoms with van der Waals surface area (Å²) < 4.78 is 10.7. The van der Waals surface area contributed by atoms with Crippen molar-refractivity contribution in [1.29, 1.82) is 0 Å². The zero-order chi connectivity index (χ0) is 14.6. The third-order valence-electron chi connectivity index (χ3n) is 2.56. The van der Waals surface area contributed by atoms with E-state index in [2.05, 4.69) is 15.9 Å². The summed E-state index contributed by atoms with van der Waals surface area (Å²) in [6.45, 7) is 3.84. The van der Waals surface area contributed by atoms with Gasteiger partial charge in [-0.2, -0.15) is 0 Å². The lowest BCUT2D eigenvalue weighted by Gasteiger charge is -2.14. The molecule has 0 aliphatic carbocycles. The highest BCUT2D eigenvalue weighted by molar-refractivity contribution is 9.10. The molecule has 0 saturated carbocycles. The van der Waals surface area contributed by atoms with Gasteiger partial charge in [0.25, 0.3) is 0 Å². The lowest BCUT2D eigenvalue weighted by atomic mass is 10.0. The fourth-order valence-electron chi connectivity index (χ4n) is 1.64. The molecule has 0 heterocycles. The summed E-state index contributed by atoms with van der Waals surface area (Å²) in [7, 11) is 1.49. The van der Waals surface area contributed by atoms with Crippen LogP contribution >= 0.6 is 15.9 Å². The Balaban J connectivity index is 3.28. The Morgan fingerprint density at radius 3 is 2.58 bits per heavy atom.